The minimum Gasteiger partial charge on any atom is -0.494 e. The third-order valence-corrected chi connectivity index (χ3v) is 8.64. The van der Waals surface area contributed by atoms with Crippen LogP contribution in [0, 0.1) is 11.7 Å². The van der Waals surface area contributed by atoms with Gasteiger partial charge in [-0.1, -0.05) is 17.7 Å². The maximum absolute atomic E-state index is 13.9. The lowest BCUT2D eigenvalue weighted by Gasteiger charge is -2.34. The van der Waals surface area contributed by atoms with Gasteiger partial charge in [0, 0.05) is 17.0 Å². The lowest BCUT2D eigenvalue weighted by Crippen LogP contribution is -2.37. The van der Waals surface area contributed by atoms with Crippen LogP contribution in [-0.2, 0) is 22.7 Å². The molecule has 0 amide bonds. The molecule has 2 unspecified atom stereocenters. The van der Waals surface area contributed by atoms with Gasteiger partial charge >= 0.3 is 0 Å². The first-order chi connectivity index (χ1) is 15.3. The summed E-state index contributed by atoms with van der Waals surface area (Å²) in [6.45, 7) is 0.377. The summed E-state index contributed by atoms with van der Waals surface area (Å²) in [6, 6.07) is 11.1. The van der Waals surface area contributed by atoms with Crippen molar-refractivity contribution in [3.63, 3.8) is 0 Å². The van der Waals surface area contributed by atoms with E-state index in [1.807, 2.05) is 19.2 Å². The van der Waals surface area contributed by atoms with Crippen LogP contribution < -0.4 is 10.1 Å². The number of likely N-dealkylation sites (N-methyl/N-ethyl adjacent to an activating group) is 1. The summed E-state index contributed by atoms with van der Waals surface area (Å²) in [5, 5.41) is 3.83. The molecule has 7 heteroatoms. The van der Waals surface area contributed by atoms with Crippen LogP contribution in [0.1, 0.15) is 48.3 Å². The molecule has 0 radical (unpaired) electrons. The van der Waals surface area contributed by atoms with Gasteiger partial charge in [-0.15, -0.1) is 0 Å². The van der Waals surface area contributed by atoms with Crippen LogP contribution in [0.25, 0.3) is 0 Å². The quantitative estimate of drug-likeness (QED) is 0.491. The molecule has 0 heterocycles. The largest absolute Gasteiger partial charge is 0.494 e. The van der Waals surface area contributed by atoms with Crippen molar-refractivity contribution in [3.8, 4) is 5.75 Å². The lowest BCUT2D eigenvalue weighted by atomic mass is 9.76. The van der Waals surface area contributed by atoms with Crippen molar-refractivity contribution in [1.29, 1.82) is 0 Å². The summed E-state index contributed by atoms with van der Waals surface area (Å²) in [5.41, 5.74) is 3.36. The first-order valence-electron chi connectivity index (χ1n) is 11.4. The molecule has 4 rings (SSSR count). The highest BCUT2D eigenvalue weighted by Gasteiger charge is 2.30. The van der Waals surface area contributed by atoms with E-state index in [4.69, 9.17) is 16.3 Å². The number of halogens is 2. The van der Waals surface area contributed by atoms with Crippen LogP contribution >= 0.6 is 11.6 Å². The Labute approximate surface area is 195 Å². The molecule has 1 saturated carbocycles. The summed E-state index contributed by atoms with van der Waals surface area (Å²) in [7, 11) is -1.02. The van der Waals surface area contributed by atoms with E-state index >= 15 is 0 Å². The molecule has 2 aromatic carbocycles. The summed E-state index contributed by atoms with van der Waals surface area (Å²) in [5.74, 6) is 1.48. The molecule has 2 aliphatic rings. The number of hydrogen-bond donors (Lipinski definition) is 1. The smallest absolute Gasteiger partial charge is 0.150 e. The van der Waals surface area contributed by atoms with Gasteiger partial charge in [0.2, 0.25) is 0 Å². The predicted octanol–water partition coefficient (Wildman–Crippen LogP) is 4.93. The van der Waals surface area contributed by atoms with Crippen molar-refractivity contribution in [2.45, 2.75) is 50.5 Å². The Hall–Kier alpha value is -1.63. The molecule has 0 spiro atoms. The van der Waals surface area contributed by atoms with Crippen molar-refractivity contribution in [1.82, 2.24) is 5.32 Å². The highest BCUT2D eigenvalue weighted by atomic mass is 35.5. The number of nitrogens with one attached hydrogen (secondary N) is 1. The van der Waals surface area contributed by atoms with Crippen LogP contribution in [0.5, 0.6) is 5.75 Å². The predicted molar refractivity (Wildman–Crippen MR) is 127 cm³/mol. The molecule has 2 aliphatic carbocycles. The van der Waals surface area contributed by atoms with E-state index in [-0.39, 0.29) is 23.5 Å². The van der Waals surface area contributed by atoms with Gasteiger partial charge in [-0.3, -0.25) is 0 Å². The Morgan fingerprint density at radius 3 is 2.69 bits per heavy atom. The van der Waals surface area contributed by atoms with Gasteiger partial charge < -0.3 is 10.1 Å². The third-order valence-electron chi connectivity index (χ3n) is 6.53. The maximum Gasteiger partial charge on any atom is 0.150 e. The van der Waals surface area contributed by atoms with Crippen molar-refractivity contribution >= 4 is 21.4 Å². The minimum atomic E-state index is -2.98. The molecule has 0 aliphatic heterocycles. The number of aryl methyl sites for hydroxylation is 1. The highest BCUT2D eigenvalue weighted by molar-refractivity contribution is 7.91. The number of benzene rings is 2. The average Bonchev–Trinajstić information content (AvgIpc) is 3.54. The Kier molecular flexibility index (Phi) is 7.43. The van der Waals surface area contributed by atoms with Gasteiger partial charge in [0.1, 0.15) is 11.6 Å². The number of hydrogen-bond acceptors (Lipinski definition) is 4. The first-order valence-corrected chi connectivity index (χ1v) is 13.6. The molecule has 32 heavy (non-hydrogen) atoms. The van der Waals surface area contributed by atoms with E-state index < -0.39 is 9.84 Å². The summed E-state index contributed by atoms with van der Waals surface area (Å²) >= 11 is 6.08. The fourth-order valence-corrected chi connectivity index (χ4v) is 6.76. The maximum atomic E-state index is 13.9. The number of fused-ring (bicyclic) bond motifs is 1. The minimum absolute atomic E-state index is 0.170. The first kappa shape index (κ1) is 23.5. The Balaban J connectivity index is 1.44. The molecule has 1 N–H and O–H groups in total. The molecule has 0 aromatic heterocycles. The number of rotatable bonds is 10. The van der Waals surface area contributed by atoms with E-state index in [0.717, 1.165) is 37.0 Å². The molecular formula is C25H31ClFNO3S. The molecule has 2 aromatic rings. The normalized spacial score (nSPS) is 20.7. The zero-order valence-corrected chi connectivity index (χ0v) is 20.0. The average molecular weight is 480 g/mol. The zero-order valence-electron chi connectivity index (χ0n) is 18.4. The zero-order chi connectivity index (χ0) is 22.7. The van der Waals surface area contributed by atoms with Crippen molar-refractivity contribution in [3.05, 3.63) is 63.9 Å². The monoisotopic (exact) mass is 479 g/mol. The van der Waals surface area contributed by atoms with E-state index in [9.17, 15) is 12.8 Å². The van der Waals surface area contributed by atoms with Crippen LogP contribution in [0.4, 0.5) is 4.39 Å². The van der Waals surface area contributed by atoms with E-state index in [1.54, 1.807) is 6.07 Å². The SMILES string of the molecule is CNC1CCc2ccc(OCCCS(=O)(=O)CC3CC3)cc2C1Cc1cc(F)cc(Cl)c1. The van der Waals surface area contributed by atoms with Crippen molar-refractivity contribution < 1.29 is 17.5 Å². The standard InChI is InChI=1S/C25H31ClFNO3S/c1-28-25-8-6-19-5-7-22(31-9-2-10-32(29,30)16-17-3-4-17)15-23(19)24(25)13-18-11-20(26)14-21(27)12-18/h5,7,11-12,14-15,17,24-25,28H,2-4,6,8-10,13,16H2,1H3. The molecule has 174 valence electrons. The second kappa shape index (κ2) is 10.1. The van der Waals surface area contributed by atoms with Crippen LogP contribution in [0.15, 0.2) is 36.4 Å². The molecule has 1 fully saturated rings. The Morgan fingerprint density at radius 2 is 1.97 bits per heavy atom. The van der Waals surface area contributed by atoms with Gasteiger partial charge in [0.25, 0.3) is 0 Å². The van der Waals surface area contributed by atoms with E-state index in [0.29, 0.717) is 36.1 Å². The summed E-state index contributed by atoms with van der Waals surface area (Å²) < 4.78 is 44.1. The van der Waals surface area contributed by atoms with Gasteiger partial charge in [-0.25, -0.2) is 12.8 Å². The Morgan fingerprint density at radius 1 is 1.16 bits per heavy atom. The third kappa shape index (κ3) is 6.24. The molecule has 2 atom stereocenters. The Bertz CT molecular complexity index is 1030. The summed E-state index contributed by atoms with van der Waals surface area (Å²) in [6.07, 6.45) is 5.25. The van der Waals surface area contributed by atoms with Crippen LogP contribution in [0.2, 0.25) is 5.02 Å². The van der Waals surface area contributed by atoms with Gasteiger partial charge in [0.15, 0.2) is 9.84 Å². The van der Waals surface area contributed by atoms with Gasteiger partial charge in [0.05, 0.1) is 18.1 Å². The second-order valence-corrected chi connectivity index (χ2v) is 11.8. The van der Waals surface area contributed by atoms with Crippen LogP contribution in [0.3, 0.4) is 0 Å². The van der Waals surface area contributed by atoms with Crippen molar-refractivity contribution in [2.24, 2.45) is 5.92 Å². The topological polar surface area (TPSA) is 55.4 Å². The number of ether oxygens (including phenoxy) is 1. The fraction of sp³-hybridized carbons (Fsp3) is 0.520. The van der Waals surface area contributed by atoms with Gasteiger partial charge in [-0.05, 0) is 98.5 Å². The van der Waals surface area contributed by atoms with E-state index in [1.165, 1.54) is 17.2 Å². The molecular weight excluding hydrogens is 449 g/mol. The highest BCUT2D eigenvalue weighted by Crippen LogP contribution is 2.37. The molecule has 0 saturated heterocycles. The molecule has 0 bridgehead atoms. The summed E-state index contributed by atoms with van der Waals surface area (Å²) in [4.78, 5) is 0. The lowest BCUT2D eigenvalue weighted by molar-refractivity contribution is 0.315. The van der Waals surface area contributed by atoms with Gasteiger partial charge in [-0.2, -0.15) is 0 Å². The second-order valence-electron chi connectivity index (χ2n) is 9.14. The van der Waals surface area contributed by atoms with Crippen LogP contribution in [-0.4, -0.2) is 39.6 Å². The van der Waals surface area contributed by atoms with Crippen molar-refractivity contribution in [2.75, 3.05) is 25.2 Å². The number of sulfone groups is 1. The molecule has 4 nitrogen and oxygen atoms in total. The van der Waals surface area contributed by atoms with E-state index in [2.05, 4.69) is 17.4 Å². The fourth-order valence-electron chi connectivity index (χ4n) is 4.74.